The van der Waals surface area contributed by atoms with Crippen LogP contribution in [0, 0.1) is 6.92 Å². The maximum atomic E-state index is 12.5. The minimum Gasteiger partial charge on any atom is -0.382 e. The van der Waals surface area contributed by atoms with Gasteiger partial charge in [0.15, 0.2) is 11.5 Å². The van der Waals surface area contributed by atoms with Crippen LogP contribution in [0.1, 0.15) is 21.6 Å². The lowest BCUT2D eigenvalue weighted by atomic mass is 10.2. The average molecular weight is 376 g/mol. The molecule has 25 heavy (non-hydrogen) atoms. The van der Waals surface area contributed by atoms with Gasteiger partial charge in [0.25, 0.3) is 5.91 Å². The smallest absolute Gasteiger partial charge is 0.280 e. The minimum atomic E-state index is -0.451. The summed E-state index contributed by atoms with van der Waals surface area (Å²) in [5.41, 5.74) is 8.38. The molecule has 0 unspecified atom stereocenters. The first-order valence-electron chi connectivity index (χ1n) is 7.45. The van der Waals surface area contributed by atoms with Crippen molar-refractivity contribution in [3.8, 4) is 0 Å². The largest absolute Gasteiger partial charge is 0.382 e. The summed E-state index contributed by atoms with van der Waals surface area (Å²) in [6.45, 7) is 2.19. The quantitative estimate of drug-likeness (QED) is 0.726. The topological polar surface area (TPSA) is 85.8 Å². The van der Waals surface area contributed by atoms with Crippen LogP contribution >= 0.6 is 23.2 Å². The predicted molar refractivity (Wildman–Crippen MR) is 99.1 cm³/mol. The second-order valence-electron chi connectivity index (χ2n) is 5.49. The van der Waals surface area contributed by atoms with Crippen molar-refractivity contribution in [3.05, 3.63) is 69.3 Å². The van der Waals surface area contributed by atoms with E-state index < -0.39 is 5.91 Å². The van der Waals surface area contributed by atoms with E-state index in [-0.39, 0.29) is 11.5 Å². The van der Waals surface area contributed by atoms with E-state index in [9.17, 15) is 4.79 Å². The van der Waals surface area contributed by atoms with Gasteiger partial charge in [-0.05, 0) is 36.2 Å². The standard InChI is InChI=1S/C17H15Cl2N5O/c1-10-6-7-12(18)8-14(10)21-17(25)15-16(20)24(23-22-15)9-11-4-2-3-5-13(11)19/h2-8H,9,20H2,1H3,(H,21,25). The molecule has 3 aromatic rings. The van der Waals surface area contributed by atoms with E-state index in [4.69, 9.17) is 28.9 Å². The van der Waals surface area contributed by atoms with E-state index in [1.165, 1.54) is 4.68 Å². The Labute approximate surface area is 154 Å². The summed E-state index contributed by atoms with van der Waals surface area (Å²) >= 11 is 12.1. The number of carbonyl (C=O) groups excluding carboxylic acids is 1. The van der Waals surface area contributed by atoms with Crippen LogP contribution in [0.25, 0.3) is 0 Å². The Bertz CT molecular complexity index is 939. The third-order valence-corrected chi connectivity index (χ3v) is 4.32. The Balaban J connectivity index is 1.82. The van der Waals surface area contributed by atoms with Crippen LogP contribution in [0.5, 0.6) is 0 Å². The van der Waals surface area contributed by atoms with E-state index in [1.807, 2.05) is 31.2 Å². The van der Waals surface area contributed by atoms with Gasteiger partial charge in [0, 0.05) is 15.7 Å². The summed E-state index contributed by atoms with van der Waals surface area (Å²) in [5.74, 6) is -0.287. The van der Waals surface area contributed by atoms with Crippen LogP contribution in [-0.2, 0) is 6.54 Å². The first kappa shape index (κ1) is 17.3. The molecular formula is C17H15Cl2N5O. The van der Waals surface area contributed by atoms with Crippen LogP contribution in [0.4, 0.5) is 11.5 Å². The minimum absolute atomic E-state index is 0.0476. The first-order chi connectivity index (χ1) is 12.0. The van der Waals surface area contributed by atoms with E-state index in [0.717, 1.165) is 11.1 Å². The Kier molecular flexibility index (Phi) is 4.92. The van der Waals surface area contributed by atoms with Crippen molar-refractivity contribution < 1.29 is 4.79 Å². The van der Waals surface area contributed by atoms with Crippen LogP contribution in [0.15, 0.2) is 42.5 Å². The number of amides is 1. The van der Waals surface area contributed by atoms with Crippen molar-refractivity contribution in [1.29, 1.82) is 0 Å². The van der Waals surface area contributed by atoms with Gasteiger partial charge in [-0.2, -0.15) is 0 Å². The molecule has 0 aliphatic heterocycles. The number of anilines is 2. The zero-order valence-corrected chi connectivity index (χ0v) is 14.8. The van der Waals surface area contributed by atoms with Crippen LogP contribution in [0.3, 0.4) is 0 Å². The summed E-state index contributed by atoms with van der Waals surface area (Å²) in [4.78, 5) is 12.5. The van der Waals surface area contributed by atoms with E-state index in [0.29, 0.717) is 22.3 Å². The molecule has 0 radical (unpaired) electrons. The molecule has 3 rings (SSSR count). The highest BCUT2D eigenvalue weighted by molar-refractivity contribution is 6.31. The van der Waals surface area contributed by atoms with Gasteiger partial charge in [-0.1, -0.05) is 52.7 Å². The van der Waals surface area contributed by atoms with Crippen molar-refractivity contribution in [2.24, 2.45) is 0 Å². The molecular weight excluding hydrogens is 361 g/mol. The molecule has 6 nitrogen and oxygen atoms in total. The number of halogens is 2. The second kappa shape index (κ2) is 7.13. The molecule has 1 amide bonds. The Morgan fingerprint density at radius 3 is 2.76 bits per heavy atom. The highest BCUT2D eigenvalue weighted by atomic mass is 35.5. The fraction of sp³-hybridized carbons (Fsp3) is 0.118. The molecule has 0 saturated heterocycles. The maximum absolute atomic E-state index is 12.5. The lowest BCUT2D eigenvalue weighted by Gasteiger charge is -2.08. The van der Waals surface area contributed by atoms with Crippen molar-refractivity contribution >= 4 is 40.6 Å². The maximum Gasteiger partial charge on any atom is 0.280 e. The number of aromatic nitrogens is 3. The number of hydrogen-bond donors (Lipinski definition) is 2. The number of nitrogens with zero attached hydrogens (tertiary/aromatic N) is 3. The van der Waals surface area contributed by atoms with E-state index in [2.05, 4.69) is 15.6 Å². The molecule has 0 spiro atoms. The second-order valence-corrected chi connectivity index (χ2v) is 6.33. The fourth-order valence-corrected chi connectivity index (χ4v) is 2.66. The molecule has 0 saturated carbocycles. The average Bonchev–Trinajstić information content (AvgIpc) is 2.94. The molecule has 0 fully saturated rings. The highest BCUT2D eigenvalue weighted by Crippen LogP contribution is 2.22. The van der Waals surface area contributed by atoms with Gasteiger partial charge in [-0.15, -0.1) is 5.10 Å². The summed E-state index contributed by atoms with van der Waals surface area (Å²) in [6.07, 6.45) is 0. The van der Waals surface area contributed by atoms with Gasteiger partial charge < -0.3 is 11.1 Å². The van der Waals surface area contributed by atoms with Crippen molar-refractivity contribution in [2.45, 2.75) is 13.5 Å². The molecule has 2 aromatic carbocycles. The Hall–Kier alpha value is -2.57. The highest BCUT2D eigenvalue weighted by Gasteiger charge is 2.19. The number of carbonyl (C=O) groups is 1. The molecule has 0 aliphatic carbocycles. The van der Waals surface area contributed by atoms with Crippen molar-refractivity contribution in [1.82, 2.24) is 15.0 Å². The molecule has 1 aromatic heterocycles. The Morgan fingerprint density at radius 1 is 1.24 bits per heavy atom. The van der Waals surface area contributed by atoms with Gasteiger partial charge in [0.1, 0.15) is 0 Å². The molecule has 1 heterocycles. The number of aryl methyl sites for hydroxylation is 1. The number of hydrogen-bond acceptors (Lipinski definition) is 4. The van der Waals surface area contributed by atoms with Crippen LogP contribution in [0.2, 0.25) is 10.0 Å². The predicted octanol–water partition coefficient (Wildman–Crippen LogP) is 3.78. The number of nitrogens with two attached hydrogens (primary N) is 1. The van der Waals surface area contributed by atoms with Gasteiger partial charge >= 0.3 is 0 Å². The molecule has 128 valence electrons. The first-order valence-corrected chi connectivity index (χ1v) is 8.21. The van der Waals surface area contributed by atoms with Gasteiger partial charge in [-0.25, -0.2) is 4.68 Å². The molecule has 0 atom stereocenters. The molecule has 0 aliphatic rings. The Morgan fingerprint density at radius 2 is 2.00 bits per heavy atom. The zero-order chi connectivity index (χ0) is 18.0. The number of benzene rings is 2. The summed E-state index contributed by atoms with van der Waals surface area (Å²) < 4.78 is 1.43. The molecule has 0 bridgehead atoms. The van der Waals surface area contributed by atoms with E-state index >= 15 is 0 Å². The van der Waals surface area contributed by atoms with Gasteiger partial charge in [0.05, 0.1) is 6.54 Å². The molecule has 8 heteroatoms. The van der Waals surface area contributed by atoms with Gasteiger partial charge in [0.2, 0.25) is 0 Å². The SMILES string of the molecule is Cc1ccc(Cl)cc1NC(=O)c1nnn(Cc2ccccc2Cl)c1N. The fourth-order valence-electron chi connectivity index (χ4n) is 2.30. The van der Waals surface area contributed by atoms with Crippen molar-refractivity contribution in [3.63, 3.8) is 0 Å². The number of rotatable bonds is 4. The normalized spacial score (nSPS) is 10.7. The summed E-state index contributed by atoms with van der Waals surface area (Å²) in [6, 6.07) is 12.6. The third kappa shape index (κ3) is 3.75. The monoisotopic (exact) mass is 375 g/mol. The lowest BCUT2D eigenvalue weighted by Crippen LogP contribution is -2.16. The summed E-state index contributed by atoms with van der Waals surface area (Å²) in [7, 11) is 0. The van der Waals surface area contributed by atoms with Gasteiger partial charge in [-0.3, -0.25) is 4.79 Å². The van der Waals surface area contributed by atoms with Crippen LogP contribution in [-0.4, -0.2) is 20.9 Å². The third-order valence-electron chi connectivity index (χ3n) is 3.71. The number of nitrogen functional groups attached to an aromatic ring is 1. The summed E-state index contributed by atoms with van der Waals surface area (Å²) in [5, 5.41) is 11.7. The molecule has 3 N–H and O–H groups in total. The number of nitrogens with one attached hydrogen (secondary N) is 1. The van der Waals surface area contributed by atoms with Crippen molar-refractivity contribution in [2.75, 3.05) is 11.1 Å². The lowest BCUT2D eigenvalue weighted by molar-refractivity contribution is 0.102. The zero-order valence-electron chi connectivity index (χ0n) is 13.3. The van der Waals surface area contributed by atoms with Crippen LogP contribution < -0.4 is 11.1 Å². The van der Waals surface area contributed by atoms with E-state index in [1.54, 1.807) is 18.2 Å².